The molecule has 6 nitrogen and oxygen atoms in total. The van der Waals surface area contributed by atoms with E-state index in [4.69, 9.17) is 0 Å². The van der Waals surface area contributed by atoms with Gasteiger partial charge in [-0.2, -0.15) is 0 Å². The molecule has 2 aliphatic rings. The van der Waals surface area contributed by atoms with Gasteiger partial charge < -0.3 is 9.47 Å². The highest BCUT2D eigenvalue weighted by Crippen LogP contribution is 2.25. The van der Waals surface area contributed by atoms with Crippen LogP contribution in [0.4, 0.5) is 0 Å². The van der Waals surface area contributed by atoms with Gasteiger partial charge in [0.05, 0.1) is 17.8 Å². The summed E-state index contributed by atoms with van der Waals surface area (Å²) in [6.07, 6.45) is 5.70. The number of hydrogen-bond donors (Lipinski definition) is 0. The summed E-state index contributed by atoms with van der Waals surface area (Å²) >= 11 is 0. The van der Waals surface area contributed by atoms with Gasteiger partial charge in [-0.1, -0.05) is 0 Å². The second-order valence-corrected chi connectivity index (χ2v) is 8.18. The number of carbonyl (C=O) groups is 1. The first-order valence-electron chi connectivity index (χ1n) is 7.50. The fraction of sp³-hybridized carbons (Fsp3) is 0.714. The normalized spacial score (nSPS) is 27.3. The lowest BCUT2D eigenvalue weighted by atomic mass is 9.94. The maximum Gasteiger partial charge on any atom is 0.226 e. The average molecular weight is 311 g/mol. The fourth-order valence-corrected chi connectivity index (χ4v) is 5.16. The van der Waals surface area contributed by atoms with Crippen molar-refractivity contribution in [2.24, 2.45) is 5.92 Å². The summed E-state index contributed by atoms with van der Waals surface area (Å²) in [4.78, 5) is 18.7. The van der Waals surface area contributed by atoms with Gasteiger partial charge in [-0.25, -0.2) is 13.4 Å². The van der Waals surface area contributed by atoms with Crippen LogP contribution in [0, 0.1) is 5.92 Å². The first-order valence-corrected chi connectivity index (χ1v) is 9.32. The number of sulfone groups is 1. The van der Waals surface area contributed by atoms with E-state index in [1.54, 1.807) is 11.2 Å². The third kappa shape index (κ3) is 2.84. The molecule has 1 aromatic heterocycles. The molecular weight excluding hydrogens is 290 g/mol. The second-order valence-electron chi connectivity index (χ2n) is 5.95. The fourth-order valence-electron chi connectivity index (χ4n) is 3.43. The lowest BCUT2D eigenvalue weighted by Crippen LogP contribution is -2.45. The maximum atomic E-state index is 12.8. The van der Waals surface area contributed by atoms with E-state index < -0.39 is 9.84 Å². The van der Waals surface area contributed by atoms with Crippen LogP contribution in [0.3, 0.4) is 0 Å². The Labute approximate surface area is 125 Å². The number of nitrogens with zero attached hydrogens (tertiary/aromatic N) is 3. The lowest BCUT2D eigenvalue weighted by molar-refractivity contribution is -0.137. The van der Waals surface area contributed by atoms with Crippen molar-refractivity contribution in [2.75, 3.05) is 18.1 Å². The highest BCUT2D eigenvalue weighted by Gasteiger charge is 2.37. The summed E-state index contributed by atoms with van der Waals surface area (Å²) in [5, 5.41) is 0. The number of hydrogen-bond acceptors (Lipinski definition) is 4. The van der Waals surface area contributed by atoms with Crippen molar-refractivity contribution in [1.29, 1.82) is 0 Å². The molecule has 0 bridgehead atoms. The number of aromatic nitrogens is 2. The smallest absolute Gasteiger partial charge is 0.226 e. The van der Waals surface area contributed by atoms with Gasteiger partial charge in [0.25, 0.3) is 0 Å². The van der Waals surface area contributed by atoms with Crippen LogP contribution in [-0.2, 0) is 27.6 Å². The minimum absolute atomic E-state index is 0.0440. The third-order valence-corrected chi connectivity index (χ3v) is 6.35. The molecule has 1 aromatic rings. The van der Waals surface area contributed by atoms with Crippen molar-refractivity contribution in [1.82, 2.24) is 14.5 Å². The van der Waals surface area contributed by atoms with Crippen molar-refractivity contribution in [3.8, 4) is 0 Å². The van der Waals surface area contributed by atoms with Crippen LogP contribution in [0.5, 0.6) is 0 Å². The van der Waals surface area contributed by atoms with E-state index in [9.17, 15) is 13.2 Å². The standard InChI is InChI=1S/C14H21N3O3S/c1-2-17(12-4-6-21(19,20)9-12)14(18)11-3-5-16-10-15-8-13(16)7-11/h8,10-12H,2-7,9H2,1H3. The number of amides is 1. The van der Waals surface area contributed by atoms with Gasteiger partial charge in [-0.15, -0.1) is 0 Å². The maximum absolute atomic E-state index is 12.8. The van der Waals surface area contributed by atoms with E-state index in [1.165, 1.54) is 0 Å². The number of aryl methyl sites for hydroxylation is 1. The third-order valence-electron chi connectivity index (χ3n) is 4.59. The van der Waals surface area contributed by atoms with Crippen LogP contribution in [0.25, 0.3) is 0 Å². The molecule has 0 saturated carbocycles. The first kappa shape index (κ1) is 14.6. The number of fused-ring (bicyclic) bond motifs is 1. The topological polar surface area (TPSA) is 72.3 Å². The molecule has 2 aliphatic heterocycles. The van der Waals surface area contributed by atoms with Crippen LogP contribution < -0.4 is 0 Å². The van der Waals surface area contributed by atoms with Crippen LogP contribution >= 0.6 is 0 Å². The number of imidazole rings is 1. The first-order chi connectivity index (χ1) is 10.00. The van der Waals surface area contributed by atoms with E-state index in [-0.39, 0.29) is 29.4 Å². The Morgan fingerprint density at radius 3 is 2.95 bits per heavy atom. The summed E-state index contributed by atoms with van der Waals surface area (Å²) in [5.41, 5.74) is 1.09. The quantitative estimate of drug-likeness (QED) is 0.814. The van der Waals surface area contributed by atoms with Crippen LogP contribution in [-0.4, -0.2) is 52.9 Å². The predicted octanol–water partition coefficient (Wildman–Crippen LogP) is 0.481. The summed E-state index contributed by atoms with van der Waals surface area (Å²) in [6.45, 7) is 3.32. The molecule has 21 heavy (non-hydrogen) atoms. The Bertz CT molecular complexity index is 638. The van der Waals surface area contributed by atoms with Gasteiger partial charge in [0.1, 0.15) is 0 Å². The largest absolute Gasteiger partial charge is 0.339 e. The highest BCUT2D eigenvalue weighted by molar-refractivity contribution is 7.91. The highest BCUT2D eigenvalue weighted by atomic mass is 32.2. The molecule has 0 spiro atoms. The average Bonchev–Trinajstić information content (AvgIpc) is 3.05. The molecule has 0 N–H and O–H groups in total. The summed E-state index contributed by atoms with van der Waals surface area (Å²) < 4.78 is 25.4. The van der Waals surface area contributed by atoms with E-state index in [0.717, 1.165) is 18.7 Å². The summed E-state index contributed by atoms with van der Waals surface area (Å²) in [7, 11) is -2.96. The summed E-state index contributed by atoms with van der Waals surface area (Å²) in [6, 6.07) is -0.140. The molecule has 116 valence electrons. The molecule has 1 fully saturated rings. The SMILES string of the molecule is CCN(C(=O)C1CCn2cncc2C1)C1CCS(=O)(=O)C1. The zero-order valence-corrected chi connectivity index (χ0v) is 13.1. The van der Waals surface area contributed by atoms with Gasteiger partial charge in [-0.05, 0) is 19.8 Å². The molecule has 2 atom stereocenters. The Morgan fingerprint density at radius 2 is 2.29 bits per heavy atom. The molecule has 1 amide bonds. The molecular formula is C14H21N3O3S. The van der Waals surface area contributed by atoms with Gasteiger partial charge in [0.15, 0.2) is 9.84 Å². The zero-order valence-electron chi connectivity index (χ0n) is 12.2. The van der Waals surface area contributed by atoms with Gasteiger partial charge in [-0.3, -0.25) is 4.79 Å². The molecule has 2 unspecified atom stereocenters. The Hall–Kier alpha value is -1.37. The molecule has 0 aliphatic carbocycles. The van der Waals surface area contributed by atoms with Crippen molar-refractivity contribution in [2.45, 2.75) is 38.8 Å². The molecule has 3 heterocycles. The molecule has 0 radical (unpaired) electrons. The van der Waals surface area contributed by atoms with E-state index >= 15 is 0 Å². The zero-order chi connectivity index (χ0) is 15.0. The van der Waals surface area contributed by atoms with E-state index in [0.29, 0.717) is 19.4 Å². The summed E-state index contributed by atoms with van der Waals surface area (Å²) in [5.74, 6) is 0.389. The Balaban J connectivity index is 1.72. The van der Waals surface area contributed by atoms with E-state index in [1.807, 2.05) is 13.1 Å². The minimum Gasteiger partial charge on any atom is -0.339 e. The second kappa shape index (κ2) is 5.44. The van der Waals surface area contributed by atoms with Crippen LogP contribution in [0.1, 0.15) is 25.5 Å². The van der Waals surface area contributed by atoms with Crippen molar-refractivity contribution in [3.05, 3.63) is 18.2 Å². The molecule has 1 saturated heterocycles. The Morgan fingerprint density at radius 1 is 1.48 bits per heavy atom. The van der Waals surface area contributed by atoms with Crippen LogP contribution in [0.15, 0.2) is 12.5 Å². The lowest BCUT2D eigenvalue weighted by Gasteiger charge is -2.32. The molecule has 3 rings (SSSR count). The van der Waals surface area contributed by atoms with Crippen molar-refractivity contribution in [3.63, 3.8) is 0 Å². The van der Waals surface area contributed by atoms with Crippen LogP contribution in [0.2, 0.25) is 0 Å². The molecule has 0 aromatic carbocycles. The minimum atomic E-state index is -2.96. The van der Waals surface area contributed by atoms with Crippen molar-refractivity contribution >= 4 is 15.7 Å². The monoisotopic (exact) mass is 311 g/mol. The number of rotatable bonds is 3. The van der Waals surface area contributed by atoms with Gasteiger partial charge >= 0.3 is 0 Å². The van der Waals surface area contributed by atoms with Gasteiger partial charge in [0, 0.05) is 43.4 Å². The van der Waals surface area contributed by atoms with Crippen molar-refractivity contribution < 1.29 is 13.2 Å². The molecule has 7 heteroatoms. The predicted molar refractivity (Wildman–Crippen MR) is 78.5 cm³/mol. The Kier molecular flexibility index (Phi) is 3.77. The van der Waals surface area contributed by atoms with Gasteiger partial charge in [0.2, 0.25) is 5.91 Å². The number of carbonyl (C=O) groups excluding carboxylic acids is 1. The van der Waals surface area contributed by atoms with E-state index in [2.05, 4.69) is 9.55 Å².